The van der Waals surface area contributed by atoms with Gasteiger partial charge in [0.05, 0.1) is 29.3 Å². The average Bonchev–Trinajstić information content (AvgIpc) is 2.97. The first kappa shape index (κ1) is 27.4. The Morgan fingerprint density at radius 1 is 1.05 bits per heavy atom. The number of carboxylic acid groups (broad SMARTS) is 1. The van der Waals surface area contributed by atoms with Crippen molar-refractivity contribution in [3.8, 4) is 17.0 Å². The fraction of sp³-hybridized carbons (Fsp3) is 0.303. The number of carboxylic acids is 1. The van der Waals surface area contributed by atoms with Crippen LogP contribution in [-0.4, -0.2) is 34.6 Å². The topological polar surface area (TPSA) is 88.5 Å². The van der Waals surface area contributed by atoms with E-state index in [1.54, 1.807) is 12.1 Å². The van der Waals surface area contributed by atoms with Crippen molar-refractivity contribution in [1.82, 2.24) is 10.3 Å². The monoisotopic (exact) mass is 616 g/mol. The Labute approximate surface area is 246 Å². The number of carbonyl (C=O) groups excluding carboxylic acids is 1. The van der Waals surface area contributed by atoms with Crippen molar-refractivity contribution >= 4 is 38.7 Å². The molecule has 6 nitrogen and oxygen atoms in total. The van der Waals surface area contributed by atoms with Crippen molar-refractivity contribution in [1.29, 1.82) is 0 Å². The number of hydrogen-bond donors (Lipinski definition) is 2. The van der Waals surface area contributed by atoms with Gasteiger partial charge in [0, 0.05) is 32.4 Å². The third-order valence-corrected chi connectivity index (χ3v) is 9.72. The summed E-state index contributed by atoms with van der Waals surface area (Å²) in [5.41, 5.74) is 2.06. The van der Waals surface area contributed by atoms with Gasteiger partial charge in [-0.05, 0) is 74.9 Å². The van der Waals surface area contributed by atoms with Gasteiger partial charge in [-0.25, -0.2) is 9.37 Å². The van der Waals surface area contributed by atoms with Crippen LogP contribution in [0, 0.1) is 18.2 Å². The number of pyridine rings is 1. The van der Waals surface area contributed by atoms with Crippen molar-refractivity contribution in [2.24, 2.45) is 5.41 Å². The van der Waals surface area contributed by atoms with E-state index in [0.717, 1.165) is 15.6 Å². The lowest BCUT2D eigenvalue weighted by Gasteiger charge is -2.56. The van der Waals surface area contributed by atoms with Crippen molar-refractivity contribution in [2.45, 2.75) is 50.5 Å². The van der Waals surface area contributed by atoms with E-state index in [4.69, 9.17) is 9.72 Å². The fourth-order valence-corrected chi connectivity index (χ4v) is 7.39. The predicted octanol–water partition coefficient (Wildman–Crippen LogP) is 7.42. The third-order valence-electron chi connectivity index (χ3n) is 9.22. The maximum Gasteiger partial charge on any atom is 0.309 e. The number of carbonyl (C=O) groups is 2. The van der Waals surface area contributed by atoms with Crippen LogP contribution in [0.3, 0.4) is 0 Å². The average molecular weight is 618 g/mol. The smallest absolute Gasteiger partial charge is 0.309 e. The summed E-state index contributed by atoms with van der Waals surface area (Å²) in [5, 5.41) is 14.3. The minimum atomic E-state index is -0.963. The van der Waals surface area contributed by atoms with Gasteiger partial charge < -0.3 is 15.2 Å². The summed E-state index contributed by atoms with van der Waals surface area (Å²) in [6.45, 7) is 1.90. The molecule has 3 fully saturated rings. The number of halogens is 2. The molecule has 0 aliphatic heterocycles. The molecule has 7 rings (SSSR count). The zero-order valence-corrected chi connectivity index (χ0v) is 24.4. The van der Waals surface area contributed by atoms with Gasteiger partial charge >= 0.3 is 5.97 Å². The molecule has 0 spiro atoms. The number of methoxy groups -OCH3 is 1. The number of benzene rings is 3. The molecule has 3 saturated carbocycles. The van der Waals surface area contributed by atoms with Crippen LogP contribution in [-0.2, 0) is 4.79 Å². The van der Waals surface area contributed by atoms with Gasteiger partial charge in [0.2, 0.25) is 0 Å². The van der Waals surface area contributed by atoms with Crippen LogP contribution in [0.15, 0.2) is 71.2 Å². The molecule has 1 aromatic heterocycles. The minimum Gasteiger partial charge on any atom is -0.496 e. The molecule has 3 aliphatic rings. The molecular formula is C33H30BrFN2O4. The van der Waals surface area contributed by atoms with E-state index >= 15 is 4.39 Å². The summed E-state index contributed by atoms with van der Waals surface area (Å²) in [6, 6.07) is 20.0. The van der Waals surface area contributed by atoms with Crippen LogP contribution < -0.4 is 10.1 Å². The molecule has 3 aliphatic carbocycles. The lowest BCUT2D eigenvalue weighted by Crippen LogP contribution is -2.62. The number of fused-ring (bicyclic) bond motifs is 4. The van der Waals surface area contributed by atoms with Gasteiger partial charge in [-0.15, -0.1) is 0 Å². The highest BCUT2D eigenvalue weighted by Gasteiger charge is 2.59. The normalized spacial score (nSPS) is 23.4. The zero-order chi connectivity index (χ0) is 28.9. The van der Waals surface area contributed by atoms with Gasteiger partial charge in [-0.2, -0.15) is 0 Å². The summed E-state index contributed by atoms with van der Waals surface area (Å²) in [4.78, 5) is 31.8. The molecule has 1 atom stereocenters. The predicted molar refractivity (Wildman–Crippen MR) is 159 cm³/mol. The number of aliphatic carboxylic acids is 1. The number of ether oxygens (including phenoxy) is 1. The molecular weight excluding hydrogens is 587 g/mol. The van der Waals surface area contributed by atoms with E-state index < -0.39 is 28.7 Å². The second kappa shape index (κ2) is 10.2. The van der Waals surface area contributed by atoms with E-state index in [0.29, 0.717) is 59.2 Å². The van der Waals surface area contributed by atoms with Gasteiger partial charge in [0.15, 0.2) is 0 Å². The molecule has 8 heteroatoms. The standard InChI is InChI=1S/C33H30BrFN2O4/c1-19-27(22-17-21(34)11-12-25(22)36-29(19)20-7-4-3-5-8-20)30(38)37-33-15-13-32(14-16-33,31(39)40)18-23(33)28-24(35)9-6-10-26(28)41-2/h3-12,17,23H,13-16,18H2,1-2H3,(H,37,38)(H,39,40)/t23-,32?,33?/m1/s1. The first-order valence-corrected chi connectivity index (χ1v) is 14.5. The van der Waals surface area contributed by atoms with Crippen LogP contribution >= 0.6 is 15.9 Å². The molecule has 41 heavy (non-hydrogen) atoms. The van der Waals surface area contributed by atoms with Gasteiger partial charge in [-0.3, -0.25) is 9.59 Å². The summed E-state index contributed by atoms with van der Waals surface area (Å²) < 4.78 is 21.9. The number of hydrogen-bond acceptors (Lipinski definition) is 4. The summed E-state index contributed by atoms with van der Waals surface area (Å²) >= 11 is 3.55. The van der Waals surface area contributed by atoms with E-state index in [2.05, 4.69) is 21.2 Å². The third kappa shape index (κ3) is 4.49. The first-order chi connectivity index (χ1) is 19.7. The van der Waals surface area contributed by atoms with E-state index in [1.165, 1.54) is 13.2 Å². The molecule has 2 N–H and O–H groups in total. The summed E-state index contributed by atoms with van der Waals surface area (Å²) in [6.07, 6.45) is 1.88. The Bertz CT molecular complexity index is 1680. The number of nitrogens with zero attached hydrogens (tertiary/aromatic N) is 1. The maximum atomic E-state index is 15.5. The molecule has 0 saturated heterocycles. The molecule has 2 bridgehead atoms. The van der Waals surface area contributed by atoms with Crippen molar-refractivity contribution in [3.63, 3.8) is 0 Å². The zero-order valence-electron chi connectivity index (χ0n) is 22.8. The van der Waals surface area contributed by atoms with E-state index in [1.807, 2.05) is 55.5 Å². The Morgan fingerprint density at radius 2 is 1.78 bits per heavy atom. The molecule has 1 amide bonds. The quantitative estimate of drug-likeness (QED) is 0.235. The van der Waals surface area contributed by atoms with Crippen LogP contribution in [0.4, 0.5) is 4.39 Å². The first-order valence-electron chi connectivity index (χ1n) is 13.7. The van der Waals surface area contributed by atoms with Gasteiger partial charge in [0.25, 0.3) is 5.91 Å². The highest BCUT2D eigenvalue weighted by atomic mass is 79.9. The Morgan fingerprint density at radius 3 is 2.46 bits per heavy atom. The molecule has 0 radical (unpaired) electrons. The Kier molecular flexibility index (Phi) is 6.85. The highest BCUT2D eigenvalue weighted by molar-refractivity contribution is 9.10. The number of aromatic nitrogens is 1. The van der Waals surface area contributed by atoms with Crippen LogP contribution in [0.5, 0.6) is 5.75 Å². The number of amides is 1. The SMILES string of the molecule is COc1cccc(F)c1[C@H]1CC2(C(=O)O)CCC1(NC(=O)c1c(C)c(-c3ccccc3)nc3ccc(Br)cc13)CC2. The maximum absolute atomic E-state index is 15.5. The molecule has 0 unspecified atom stereocenters. The second-order valence-corrected chi connectivity index (χ2v) is 12.2. The highest BCUT2D eigenvalue weighted by Crippen LogP contribution is 2.60. The largest absolute Gasteiger partial charge is 0.496 e. The van der Waals surface area contributed by atoms with E-state index in [9.17, 15) is 14.7 Å². The minimum absolute atomic E-state index is 0.219. The van der Waals surface area contributed by atoms with Crippen molar-refractivity contribution < 1.29 is 23.8 Å². The lowest BCUT2D eigenvalue weighted by atomic mass is 9.51. The second-order valence-electron chi connectivity index (χ2n) is 11.3. The van der Waals surface area contributed by atoms with E-state index in [-0.39, 0.29) is 12.3 Å². The molecule has 210 valence electrons. The summed E-state index contributed by atoms with van der Waals surface area (Å²) in [7, 11) is 1.48. The molecule has 1 heterocycles. The summed E-state index contributed by atoms with van der Waals surface area (Å²) in [5.74, 6) is -1.83. The Balaban J connectivity index is 1.50. The fourth-order valence-electron chi connectivity index (χ4n) is 7.03. The Hall–Kier alpha value is -3.78. The van der Waals surface area contributed by atoms with Crippen LogP contribution in [0.2, 0.25) is 0 Å². The van der Waals surface area contributed by atoms with Gasteiger partial charge in [-0.1, -0.05) is 52.3 Å². The van der Waals surface area contributed by atoms with Crippen molar-refractivity contribution in [2.75, 3.05) is 7.11 Å². The lowest BCUT2D eigenvalue weighted by molar-refractivity contribution is -0.157. The van der Waals surface area contributed by atoms with Crippen molar-refractivity contribution in [3.05, 3.63) is 93.7 Å². The molecule has 4 aromatic rings. The molecule has 3 aromatic carbocycles. The number of rotatable bonds is 6. The number of nitrogens with one attached hydrogen (secondary N) is 1. The van der Waals surface area contributed by atoms with Crippen LogP contribution in [0.25, 0.3) is 22.2 Å². The van der Waals surface area contributed by atoms with Gasteiger partial charge in [0.1, 0.15) is 11.6 Å². The van der Waals surface area contributed by atoms with Crippen LogP contribution in [0.1, 0.15) is 59.5 Å².